The van der Waals surface area contributed by atoms with Crippen LogP contribution in [-0.4, -0.2) is 9.13 Å². The largest absolute Gasteiger partial charge is 0.313 e. The van der Waals surface area contributed by atoms with Crippen molar-refractivity contribution in [3.8, 4) is 55.9 Å². The Labute approximate surface area is 404 Å². The number of thiophene rings is 1. The number of hydrogen-bond acceptors (Lipinski definition) is 1. The SMILES string of the molecule is C1=C(c2ccccc2)c2c(n(-c3ccc(-c4ccccc4)cc3)c3ccc(-c4ccc5c(c4)c4ccccc4n5-c4cc(-c5ccc6sc7ccccc7c6c5)ccc4-c4ccccc4)cc23)CC1. The van der Waals surface area contributed by atoms with Gasteiger partial charge in [0.05, 0.1) is 22.2 Å². The highest BCUT2D eigenvalue weighted by Gasteiger charge is 2.25. The van der Waals surface area contributed by atoms with Gasteiger partial charge in [-0.05, 0) is 130 Å². The molecule has 0 fully saturated rings. The molecule has 0 bridgehead atoms. The second kappa shape index (κ2) is 16.1. The number of rotatable bonds is 7. The Kier molecular flexibility index (Phi) is 9.24. The Bertz CT molecular complexity index is 4150. The lowest BCUT2D eigenvalue weighted by Crippen LogP contribution is -2.05. The highest BCUT2D eigenvalue weighted by atomic mass is 32.1. The maximum Gasteiger partial charge on any atom is 0.0546 e. The number of benzene rings is 10. The van der Waals surface area contributed by atoms with Crippen molar-refractivity contribution in [3.05, 3.63) is 259 Å². The molecular formula is C66H44N2S. The lowest BCUT2D eigenvalue weighted by atomic mass is 9.88. The molecule has 0 saturated heterocycles. The molecule has 2 nitrogen and oxygen atoms in total. The summed E-state index contributed by atoms with van der Waals surface area (Å²) in [6, 6.07) is 87.5. The minimum atomic E-state index is 0.979. The maximum atomic E-state index is 2.52. The number of aromatic nitrogens is 2. The van der Waals surface area contributed by atoms with E-state index >= 15 is 0 Å². The van der Waals surface area contributed by atoms with Gasteiger partial charge >= 0.3 is 0 Å². The fourth-order valence-corrected chi connectivity index (χ4v) is 12.3. The lowest BCUT2D eigenvalue weighted by Gasteiger charge is -2.18. The zero-order valence-electron chi connectivity index (χ0n) is 37.8. The van der Waals surface area contributed by atoms with Crippen molar-refractivity contribution in [2.24, 2.45) is 0 Å². The number of para-hydroxylation sites is 1. The number of fused-ring (bicyclic) bond motifs is 9. The second-order valence-electron chi connectivity index (χ2n) is 18.3. The minimum Gasteiger partial charge on any atom is -0.313 e. The number of allylic oxidation sites excluding steroid dienone is 1. The summed E-state index contributed by atoms with van der Waals surface area (Å²) < 4.78 is 7.66. The van der Waals surface area contributed by atoms with Gasteiger partial charge in [-0.1, -0.05) is 176 Å². The third-order valence-corrected chi connectivity index (χ3v) is 15.6. The first-order valence-electron chi connectivity index (χ1n) is 24.0. The third-order valence-electron chi connectivity index (χ3n) is 14.4. The van der Waals surface area contributed by atoms with Crippen LogP contribution in [0.4, 0.5) is 0 Å². The van der Waals surface area contributed by atoms with E-state index in [2.05, 4.69) is 252 Å². The van der Waals surface area contributed by atoms with Gasteiger partial charge in [0.1, 0.15) is 0 Å². The fourth-order valence-electron chi connectivity index (χ4n) is 11.2. The summed E-state index contributed by atoms with van der Waals surface area (Å²) in [6.45, 7) is 0. The minimum absolute atomic E-state index is 0.979. The predicted octanol–water partition coefficient (Wildman–Crippen LogP) is 18.1. The zero-order chi connectivity index (χ0) is 45.4. The number of hydrogen-bond donors (Lipinski definition) is 0. The summed E-state index contributed by atoms with van der Waals surface area (Å²) in [4.78, 5) is 0. The van der Waals surface area contributed by atoms with Crippen LogP contribution in [0.15, 0.2) is 243 Å². The molecule has 0 aliphatic heterocycles. The zero-order valence-corrected chi connectivity index (χ0v) is 38.6. The Morgan fingerprint density at radius 2 is 0.855 bits per heavy atom. The Morgan fingerprint density at radius 3 is 1.61 bits per heavy atom. The molecule has 69 heavy (non-hydrogen) atoms. The van der Waals surface area contributed by atoms with Gasteiger partial charge in [0.25, 0.3) is 0 Å². The van der Waals surface area contributed by atoms with E-state index in [-0.39, 0.29) is 0 Å². The average molecular weight is 897 g/mol. The van der Waals surface area contributed by atoms with Crippen LogP contribution < -0.4 is 0 Å². The maximum absolute atomic E-state index is 2.52. The van der Waals surface area contributed by atoms with Gasteiger partial charge in [0.15, 0.2) is 0 Å². The molecule has 13 aromatic rings. The molecule has 0 amide bonds. The smallest absolute Gasteiger partial charge is 0.0546 e. The average Bonchev–Trinajstić information content (AvgIpc) is 4.08. The third kappa shape index (κ3) is 6.54. The van der Waals surface area contributed by atoms with E-state index < -0.39 is 0 Å². The molecule has 0 N–H and O–H groups in total. The van der Waals surface area contributed by atoms with E-state index in [1.165, 1.54) is 131 Å². The van der Waals surface area contributed by atoms with E-state index in [0.717, 1.165) is 12.8 Å². The molecule has 3 heteroatoms. The van der Waals surface area contributed by atoms with Crippen LogP contribution >= 0.6 is 11.3 Å². The van der Waals surface area contributed by atoms with E-state index in [9.17, 15) is 0 Å². The summed E-state index contributed by atoms with van der Waals surface area (Å²) >= 11 is 1.87. The second-order valence-corrected chi connectivity index (χ2v) is 19.4. The highest BCUT2D eigenvalue weighted by molar-refractivity contribution is 7.25. The van der Waals surface area contributed by atoms with Gasteiger partial charge in [-0.2, -0.15) is 0 Å². The number of nitrogens with zero attached hydrogens (tertiary/aromatic N) is 2. The Morgan fingerprint density at radius 1 is 0.333 bits per heavy atom. The van der Waals surface area contributed by atoms with Crippen molar-refractivity contribution in [2.75, 3.05) is 0 Å². The topological polar surface area (TPSA) is 9.86 Å². The van der Waals surface area contributed by atoms with Crippen LogP contribution in [0.2, 0.25) is 0 Å². The highest BCUT2D eigenvalue weighted by Crippen LogP contribution is 2.45. The molecule has 0 saturated carbocycles. The van der Waals surface area contributed by atoms with E-state index in [1.807, 2.05) is 11.3 Å². The summed E-state index contributed by atoms with van der Waals surface area (Å²) in [5.74, 6) is 0. The monoisotopic (exact) mass is 896 g/mol. The summed E-state index contributed by atoms with van der Waals surface area (Å²) in [5, 5.41) is 6.39. The lowest BCUT2D eigenvalue weighted by molar-refractivity contribution is 0.884. The molecule has 0 unspecified atom stereocenters. The van der Waals surface area contributed by atoms with Crippen LogP contribution in [0.25, 0.3) is 114 Å². The predicted molar refractivity (Wildman–Crippen MR) is 294 cm³/mol. The van der Waals surface area contributed by atoms with Crippen molar-refractivity contribution in [1.82, 2.24) is 9.13 Å². The Hall–Kier alpha value is -8.50. The van der Waals surface area contributed by atoms with E-state index in [4.69, 9.17) is 0 Å². The van der Waals surface area contributed by atoms with Gasteiger partial charge in [0, 0.05) is 58.8 Å². The molecule has 14 rings (SSSR count). The molecule has 0 radical (unpaired) electrons. The van der Waals surface area contributed by atoms with Crippen LogP contribution in [0, 0.1) is 0 Å². The van der Waals surface area contributed by atoms with Gasteiger partial charge in [-0.15, -0.1) is 11.3 Å². The van der Waals surface area contributed by atoms with Crippen molar-refractivity contribution in [3.63, 3.8) is 0 Å². The summed E-state index contributed by atoms with van der Waals surface area (Å²) in [7, 11) is 0. The first-order valence-corrected chi connectivity index (χ1v) is 24.8. The van der Waals surface area contributed by atoms with Crippen molar-refractivity contribution in [2.45, 2.75) is 12.8 Å². The molecule has 0 atom stereocenters. The van der Waals surface area contributed by atoms with Crippen LogP contribution in [-0.2, 0) is 6.42 Å². The fraction of sp³-hybridized carbons (Fsp3) is 0.0303. The first kappa shape index (κ1) is 39.6. The standard InChI is InChI=1S/C66H44N2S/c1-4-15-43(16-5-1)44-27-33-51(34-28-44)67-61-37-31-48(41-58(61)66-53(23-14-25-62(66)67)46-19-8-3-9-20-46)47-30-36-60-56(39-47)54-21-10-12-24-59(54)68(60)63-42-50(29-35-52(63)45-17-6-2-7-18-45)49-32-38-65-57(40-49)55-22-11-13-26-64(55)69-65/h1-13,15-24,26-42H,14,25H2. The molecule has 3 heterocycles. The normalized spacial score (nSPS) is 12.6. The van der Waals surface area contributed by atoms with Crippen molar-refractivity contribution in [1.29, 1.82) is 0 Å². The summed E-state index contributed by atoms with van der Waals surface area (Å²) in [6.07, 6.45) is 4.43. The summed E-state index contributed by atoms with van der Waals surface area (Å²) in [5.41, 5.74) is 20.9. The van der Waals surface area contributed by atoms with E-state index in [0.29, 0.717) is 0 Å². The first-order chi connectivity index (χ1) is 34.2. The molecule has 1 aliphatic rings. The quantitative estimate of drug-likeness (QED) is 0.151. The van der Waals surface area contributed by atoms with Gasteiger partial charge in [-0.25, -0.2) is 0 Å². The van der Waals surface area contributed by atoms with Crippen LogP contribution in [0.5, 0.6) is 0 Å². The molecular weight excluding hydrogens is 853 g/mol. The molecule has 324 valence electrons. The molecule has 3 aromatic heterocycles. The van der Waals surface area contributed by atoms with Gasteiger partial charge < -0.3 is 9.13 Å². The van der Waals surface area contributed by atoms with Crippen molar-refractivity contribution < 1.29 is 0 Å². The van der Waals surface area contributed by atoms with Crippen molar-refractivity contribution >= 4 is 69.8 Å². The molecule has 0 spiro atoms. The van der Waals surface area contributed by atoms with Gasteiger partial charge in [0.2, 0.25) is 0 Å². The van der Waals surface area contributed by atoms with Gasteiger partial charge in [-0.3, -0.25) is 0 Å². The molecule has 10 aromatic carbocycles. The van der Waals surface area contributed by atoms with Crippen LogP contribution in [0.1, 0.15) is 23.2 Å². The Balaban J connectivity index is 0.939. The van der Waals surface area contributed by atoms with E-state index in [1.54, 1.807) is 0 Å². The van der Waals surface area contributed by atoms with Crippen LogP contribution in [0.3, 0.4) is 0 Å². The molecule has 1 aliphatic carbocycles.